The number of aliphatic carboxylic acids is 1. The van der Waals surface area contributed by atoms with E-state index in [2.05, 4.69) is 130 Å². The van der Waals surface area contributed by atoms with Crippen LogP contribution >= 0.6 is 0 Å². The van der Waals surface area contributed by atoms with E-state index in [4.69, 9.17) is 0 Å². The molecular weight excluding hydrogens is 480 g/mol. The molecule has 5 rings (SSSR count). The SMILES string of the molecule is CCN1/C(=C/C=C2C=C(/C=C/C3=[N+](CC)c4ccccc4C3(C)C)CC(C(=O)O)C/2)C(C)(C)c2ccccc21. The Balaban J connectivity index is 1.50. The van der Waals surface area contributed by atoms with Crippen molar-refractivity contribution in [2.45, 2.75) is 65.2 Å². The van der Waals surface area contributed by atoms with Gasteiger partial charge in [0.15, 0.2) is 5.71 Å². The molecule has 2 aliphatic heterocycles. The fourth-order valence-electron chi connectivity index (χ4n) is 6.74. The summed E-state index contributed by atoms with van der Waals surface area (Å²) in [5.41, 5.74) is 9.60. The number of rotatable bonds is 6. The summed E-state index contributed by atoms with van der Waals surface area (Å²) >= 11 is 0. The highest BCUT2D eigenvalue weighted by molar-refractivity contribution is 6.03. The Hall–Kier alpha value is -3.66. The molecule has 1 aliphatic carbocycles. The zero-order valence-corrected chi connectivity index (χ0v) is 24.2. The van der Waals surface area contributed by atoms with Gasteiger partial charge in [-0.05, 0) is 69.4 Å². The van der Waals surface area contributed by atoms with Crippen LogP contribution in [0.25, 0.3) is 0 Å². The quantitative estimate of drug-likeness (QED) is 0.396. The minimum atomic E-state index is -0.729. The standard InChI is InChI=1S/C35H40N2O2/c1-7-36-29-15-11-9-13-27(29)34(3,4)31(36)19-17-24-21-25(23-26(22-24)33(38)39)18-20-32-35(5,6)28-14-10-12-16-30(28)37(32)8-2/h9-21,26H,7-8,22-23H2,1-6H3/p+1. The van der Waals surface area contributed by atoms with Crippen LogP contribution in [0.1, 0.15) is 65.5 Å². The van der Waals surface area contributed by atoms with E-state index < -0.39 is 11.9 Å². The summed E-state index contributed by atoms with van der Waals surface area (Å²) in [6.07, 6.45) is 12.0. The number of carboxylic acids is 1. The van der Waals surface area contributed by atoms with E-state index in [1.165, 1.54) is 33.9 Å². The number of carbonyl (C=O) groups is 1. The lowest BCUT2D eigenvalue weighted by atomic mass is 9.80. The highest BCUT2D eigenvalue weighted by atomic mass is 16.4. The third-order valence-electron chi connectivity index (χ3n) is 8.83. The van der Waals surface area contributed by atoms with E-state index in [1.54, 1.807) is 0 Å². The molecule has 0 fully saturated rings. The van der Waals surface area contributed by atoms with Crippen LogP contribution in [0.3, 0.4) is 0 Å². The summed E-state index contributed by atoms with van der Waals surface area (Å²) in [5, 5.41) is 9.98. The topological polar surface area (TPSA) is 43.5 Å². The van der Waals surface area contributed by atoms with Gasteiger partial charge in [0, 0.05) is 41.1 Å². The first kappa shape index (κ1) is 26.9. The van der Waals surface area contributed by atoms with Crippen molar-refractivity contribution >= 4 is 23.1 Å². The maximum atomic E-state index is 12.2. The molecule has 3 aliphatic rings. The molecule has 1 N–H and O–H groups in total. The Bertz CT molecular complexity index is 1460. The molecule has 0 aromatic heterocycles. The molecule has 39 heavy (non-hydrogen) atoms. The Morgan fingerprint density at radius 3 is 2.33 bits per heavy atom. The Morgan fingerprint density at radius 1 is 0.949 bits per heavy atom. The third-order valence-corrected chi connectivity index (χ3v) is 8.83. The van der Waals surface area contributed by atoms with Crippen LogP contribution in [0.2, 0.25) is 0 Å². The summed E-state index contributed by atoms with van der Waals surface area (Å²) in [4.78, 5) is 14.5. The zero-order chi connectivity index (χ0) is 27.9. The molecule has 4 nitrogen and oxygen atoms in total. The summed E-state index contributed by atoms with van der Waals surface area (Å²) in [7, 11) is 0. The van der Waals surface area contributed by atoms with Crippen molar-refractivity contribution in [1.29, 1.82) is 0 Å². The Kier molecular flexibility index (Phi) is 7.00. The van der Waals surface area contributed by atoms with E-state index >= 15 is 0 Å². The normalized spacial score (nSPS) is 23.5. The average molecular weight is 522 g/mol. The summed E-state index contributed by atoms with van der Waals surface area (Å²) in [5.74, 6) is -1.15. The fourth-order valence-corrected chi connectivity index (χ4v) is 6.74. The highest BCUT2D eigenvalue weighted by Crippen LogP contribution is 2.47. The Morgan fingerprint density at radius 2 is 1.64 bits per heavy atom. The maximum Gasteiger partial charge on any atom is 0.307 e. The maximum absolute atomic E-state index is 12.2. The minimum Gasteiger partial charge on any atom is -0.481 e. The largest absolute Gasteiger partial charge is 0.481 e. The van der Waals surface area contributed by atoms with Gasteiger partial charge in [-0.2, -0.15) is 4.58 Å². The second-order valence-corrected chi connectivity index (χ2v) is 11.9. The fraction of sp³-hybridized carbons (Fsp3) is 0.371. The van der Waals surface area contributed by atoms with Gasteiger partial charge < -0.3 is 10.0 Å². The van der Waals surface area contributed by atoms with Crippen molar-refractivity contribution in [3.63, 3.8) is 0 Å². The predicted molar refractivity (Wildman–Crippen MR) is 161 cm³/mol. The molecule has 0 bridgehead atoms. The molecular formula is C35H41N2O2+. The number of anilines is 1. The summed E-state index contributed by atoms with van der Waals surface area (Å²) < 4.78 is 2.38. The van der Waals surface area contributed by atoms with Crippen molar-refractivity contribution < 1.29 is 14.5 Å². The van der Waals surface area contributed by atoms with Crippen molar-refractivity contribution in [2.75, 3.05) is 18.0 Å². The number of allylic oxidation sites excluding steroid dienone is 8. The summed E-state index contributed by atoms with van der Waals surface area (Å²) in [6.45, 7) is 15.2. The lowest BCUT2D eigenvalue weighted by Gasteiger charge is -2.26. The van der Waals surface area contributed by atoms with Crippen molar-refractivity contribution in [3.05, 3.63) is 107 Å². The number of hydrogen-bond acceptors (Lipinski definition) is 2. The molecule has 2 heterocycles. The number of para-hydroxylation sites is 2. The second kappa shape index (κ2) is 10.1. The number of benzene rings is 2. The first-order valence-electron chi connectivity index (χ1n) is 14.2. The molecule has 0 radical (unpaired) electrons. The van der Waals surface area contributed by atoms with Crippen molar-refractivity contribution in [3.8, 4) is 0 Å². The first-order valence-corrected chi connectivity index (χ1v) is 14.2. The van der Waals surface area contributed by atoms with Gasteiger partial charge in [0.25, 0.3) is 0 Å². The number of nitrogens with zero attached hydrogens (tertiary/aromatic N) is 2. The molecule has 0 saturated heterocycles. The number of likely N-dealkylation sites (N-methyl/N-ethyl adjacent to an activating group) is 1. The van der Waals surface area contributed by atoms with Gasteiger partial charge in [0.1, 0.15) is 6.54 Å². The lowest BCUT2D eigenvalue weighted by Crippen LogP contribution is -2.27. The monoisotopic (exact) mass is 521 g/mol. The van der Waals surface area contributed by atoms with Crippen LogP contribution in [-0.4, -0.2) is 34.5 Å². The lowest BCUT2D eigenvalue weighted by molar-refractivity contribution is -0.433. The van der Waals surface area contributed by atoms with Gasteiger partial charge >= 0.3 is 5.97 Å². The molecule has 2 aromatic rings. The summed E-state index contributed by atoms with van der Waals surface area (Å²) in [6, 6.07) is 17.2. The van der Waals surface area contributed by atoms with Crippen LogP contribution < -0.4 is 4.90 Å². The molecule has 2 aromatic carbocycles. The van der Waals surface area contributed by atoms with E-state index in [9.17, 15) is 9.90 Å². The van der Waals surface area contributed by atoms with Crippen molar-refractivity contribution in [1.82, 2.24) is 0 Å². The highest BCUT2D eigenvalue weighted by Gasteiger charge is 2.43. The van der Waals surface area contributed by atoms with E-state index in [-0.39, 0.29) is 10.8 Å². The van der Waals surface area contributed by atoms with E-state index in [1.807, 2.05) is 0 Å². The first-order chi connectivity index (χ1) is 18.6. The average Bonchev–Trinajstić information content (AvgIpc) is 3.28. The zero-order valence-electron chi connectivity index (χ0n) is 24.2. The molecule has 0 saturated carbocycles. The minimum absolute atomic E-state index is 0.111. The molecule has 0 spiro atoms. The predicted octanol–water partition coefficient (Wildman–Crippen LogP) is 7.69. The van der Waals surface area contributed by atoms with Crippen LogP contribution in [-0.2, 0) is 15.6 Å². The molecule has 4 heteroatoms. The third kappa shape index (κ3) is 4.60. The van der Waals surface area contributed by atoms with Crippen molar-refractivity contribution in [2.24, 2.45) is 5.92 Å². The molecule has 1 unspecified atom stereocenters. The second-order valence-electron chi connectivity index (χ2n) is 11.9. The van der Waals surface area contributed by atoms with Crippen LogP contribution in [0.15, 0.2) is 95.8 Å². The smallest absolute Gasteiger partial charge is 0.307 e. The van der Waals surface area contributed by atoms with Gasteiger partial charge in [0.2, 0.25) is 5.69 Å². The number of fused-ring (bicyclic) bond motifs is 2. The number of hydrogen-bond donors (Lipinski definition) is 1. The Labute approximate surface area is 233 Å². The van der Waals surface area contributed by atoms with Crippen LogP contribution in [0.4, 0.5) is 11.4 Å². The van der Waals surface area contributed by atoms with Gasteiger partial charge in [0.05, 0.1) is 11.3 Å². The van der Waals surface area contributed by atoms with E-state index in [0.29, 0.717) is 12.8 Å². The van der Waals surface area contributed by atoms with Crippen LogP contribution in [0.5, 0.6) is 0 Å². The molecule has 202 valence electrons. The number of carboxylic acid groups (broad SMARTS) is 1. The van der Waals surface area contributed by atoms with Gasteiger partial charge in [-0.3, -0.25) is 4.79 Å². The van der Waals surface area contributed by atoms with Gasteiger partial charge in [-0.25, -0.2) is 0 Å². The van der Waals surface area contributed by atoms with Crippen LogP contribution in [0, 0.1) is 5.92 Å². The molecule has 0 amide bonds. The van der Waals surface area contributed by atoms with Gasteiger partial charge in [-0.1, -0.05) is 68.5 Å². The van der Waals surface area contributed by atoms with E-state index in [0.717, 1.165) is 24.2 Å². The molecule has 1 atom stereocenters. The van der Waals surface area contributed by atoms with Gasteiger partial charge in [-0.15, -0.1) is 0 Å².